The third kappa shape index (κ3) is 3.84. The topological polar surface area (TPSA) is 142 Å². The van der Waals surface area contributed by atoms with Crippen molar-refractivity contribution in [3.8, 4) is 17.3 Å². The molecule has 0 saturated carbocycles. The first kappa shape index (κ1) is 20.5. The van der Waals surface area contributed by atoms with Gasteiger partial charge in [0.2, 0.25) is 17.8 Å². The summed E-state index contributed by atoms with van der Waals surface area (Å²) < 4.78 is 12.2. The van der Waals surface area contributed by atoms with Crippen LogP contribution in [0, 0.1) is 0 Å². The van der Waals surface area contributed by atoms with Crippen molar-refractivity contribution in [2.45, 2.75) is 19.3 Å². The Balaban J connectivity index is 1.50. The van der Waals surface area contributed by atoms with Crippen molar-refractivity contribution in [2.24, 2.45) is 0 Å². The fourth-order valence-corrected chi connectivity index (χ4v) is 3.84. The first-order chi connectivity index (χ1) is 16.1. The molecule has 3 heterocycles. The number of nitrogens with zero attached hydrogens (tertiary/aromatic N) is 5. The van der Waals surface area contributed by atoms with Crippen molar-refractivity contribution in [1.29, 1.82) is 0 Å². The molecule has 0 bridgehead atoms. The molecule has 33 heavy (non-hydrogen) atoms. The molecule has 1 aliphatic heterocycles. The number of amides is 1. The number of nitrogens with one attached hydrogen (secondary N) is 2. The molecule has 2 aromatic carbocycles. The maximum absolute atomic E-state index is 11.9. The van der Waals surface area contributed by atoms with Crippen LogP contribution in [0.15, 0.2) is 36.7 Å². The van der Waals surface area contributed by atoms with E-state index in [0.29, 0.717) is 40.6 Å². The van der Waals surface area contributed by atoms with Gasteiger partial charge in [-0.3, -0.25) is 4.79 Å². The molecule has 0 unspecified atom stereocenters. The number of rotatable bonds is 5. The Hall–Kier alpha value is -4.41. The molecular weight excluding hydrogens is 424 g/mol. The van der Waals surface area contributed by atoms with Crippen molar-refractivity contribution in [2.75, 3.05) is 30.6 Å². The van der Waals surface area contributed by atoms with E-state index >= 15 is 0 Å². The van der Waals surface area contributed by atoms with Gasteiger partial charge in [-0.15, -0.1) is 5.10 Å². The molecule has 0 saturated heterocycles. The first-order valence-electron chi connectivity index (χ1n) is 10.3. The van der Waals surface area contributed by atoms with E-state index in [1.165, 1.54) is 11.0 Å². The lowest BCUT2D eigenvalue weighted by Gasteiger charge is -2.11. The molecule has 4 N–H and O–H groups in total. The summed E-state index contributed by atoms with van der Waals surface area (Å²) in [5.41, 5.74) is 9.43. The highest BCUT2D eigenvalue weighted by atomic mass is 16.5. The molecule has 1 amide bonds. The summed E-state index contributed by atoms with van der Waals surface area (Å²) in [5, 5.41) is 11.3. The Morgan fingerprint density at radius 1 is 1.09 bits per heavy atom. The molecule has 11 nitrogen and oxygen atoms in total. The normalized spacial score (nSPS) is 13.2. The standard InChI is InChI=1S/C22H22N8O3/c1-32-17-9-14-16(10-18(17)33-2)24-11-25-20(14)30-21(23)28-22(29-30)26-13-7-6-12-4-3-5-19(31)27-15(12)8-13/h6-11H,3-5H2,1-2H3,(H,27,31)(H3,23,26,28,29). The summed E-state index contributed by atoms with van der Waals surface area (Å²) in [6, 6.07) is 9.31. The van der Waals surface area contributed by atoms with Crippen molar-refractivity contribution in [1.82, 2.24) is 24.7 Å². The number of ether oxygens (including phenoxy) is 2. The average molecular weight is 446 g/mol. The van der Waals surface area contributed by atoms with Gasteiger partial charge >= 0.3 is 0 Å². The number of carbonyl (C=O) groups excluding carboxylic acids is 1. The van der Waals surface area contributed by atoms with Crippen LogP contribution < -0.4 is 25.8 Å². The maximum atomic E-state index is 11.9. The molecule has 1 aliphatic rings. The third-order valence-corrected chi connectivity index (χ3v) is 5.44. The lowest BCUT2D eigenvalue weighted by molar-refractivity contribution is -0.116. The maximum Gasteiger partial charge on any atom is 0.248 e. The van der Waals surface area contributed by atoms with Crippen LogP contribution in [0.3, 0.4) is 0 Å². The van der Waals surface area contributed by atoms with Gasteiger partial charge in [-0.05, 0) is 36.6 Å². The number of aromatic nitrogens is 5. The smallest absolute Gasteiger partial charge is 0.248 e. The van der Waals surface area contributed by atoms with Crippen LogP contribution in [0.1, 0.15) is 18.4 Å². The van der Waals surface area contributed by atoms with E-state index in [0.717, 1.165) is 29.8 Å². The number of anilines is 4. The van der Waals surface area contributed by atoms with Gasteiger partial charge in [0, 0.05) is 29.2 Å². The Kier molecular flexibility index (Phi) is 5.13. The van der Waals surface area contributed by atoms with E-state index in [9.17, 15) is 4.79 Å². The van der Waals surface area contributed by atoms with E-state index in [-0.39, 0.29) is 11.9 Å². The molecule has 0 atom stereocenters. The predicted molar refractivity (Wildman–Crippen MR) is 123 cm³/mol. The average Bonchev–Trinajstić information content (AvgIpc) is 3.07. The quantitative estimate of drug-likeness (QED) is 0.422. The molecule has 2 aromatic heterocycles. The number of nitrogens with two attached hydrogens (primary N) is 1. The minimum atomic E-state index is 0.0141. The predicted octanol–water partition coefficient (Wildman–Crippen LogP) is 2.83. The summed E-state index contributed by atoms with van der Waals surface area (Å²) in [5.74, 6) is 1.99. The van der Waals surface area contributed by atoms with Gasteiger partial charge in [-0.1, -0.05) is 6.07 Å². The molecule has 0 aliphatic carbocycles. The van der Waals surface area contributed by atoms with Crippen molar-refractivity contribution in [3.63, 3.8) is 0 Å². The Bertz CT molecular complexity index is 1370. The van der Waals surface area contributed by atoms with Gasteiger partial charge in [0.15, 0.2) is 17.3 Å². The van der Waals surface area contributed by atoms with Gasteiger partial charge in [0.05, 0.1) is 19.7 Å². The summed E-state index contributed by atoms with van der Waals surface area (Å²) in [6.07, 6.45) is 3.62. The van der Waals surface area contributed by atoms with Gasteiger partial charge in [-0.2, -0.15) is 9.67 Å². The number of methoxy groups -OCH3 is 2. The number of hydrogen-bond acceptors (Lipinski definition) is 9. The minimum absolute atomic E-state index is 0.0141. The number of carbonyl (C=O) groups is 1. The monoisotopic (exact) mass is 446 g/mol. The summed E-state index contributed by atoms with van der Waals surface area (Å²) in [7, 11) is 3.12. The van der Waals surface area contributed by atoms with Crippen molar-refractivity contribution in [3.05, 3.63) is 42.2 Å². The summed E-state index contributed by atoms with van der Waals surface area (Å²) in [4.78, 5) is 24.9. The zero-order chi connectivity index (χ0) is 22.9. The lowest BCUT2D eigenvalue weighted by atomic mass is 10.1. The Morgan fingerprint density at radius 3 is 2.73 bits per heavy atom. The van der Waals surface area contributed by atoms with E-state index < -0.39 is 0 Å². The number of aryl methyl sites for hydroxylation is 1. The van der Waals surface area contributed by atoms with Gasteiger partial charge < -0.3 is 25.8 Å². The third-order valence-electron chi connectivity index (χ3n) is 5.44. The number of hydrogen-bond donors (Lipinski definition) is 3. The van der Waals surface area contributed by atoms with Crippen LogP contribution >= 0.6 is 0 Å². The molecule has 0 spiro atoms. The van der Waals surface area contributed by atoms with Gasteiger partial charge in [0.25, 0.3) is 0 Å². The molecule has 5 rings (SSSR count). The fourth-order valence-electron chi connectivity index (χ4n) is 3.84. The highest BCUT2D eigenvalue weighted by Gasteiger charge is 2.17. The lowest BCUT2D eigenvalue weighted by Crippen LogP contribution is -2.09. The highest BCUT2D eigenvalue weighted by Crippen LogP contribution is 2.33. The summed E-state index contributed by atoms with van der Waals surface area (Å²) in [6.45, 7) is 0. The largest absolute Gasteiger partial charge is 0.493 e. The molecular formula is C22H22N8O3. The van der Waals surface area contributed by atoms with Gasteiger partial charge in [0.1, 0.15) is 6.33 Å². The van der Waals surface area contributed by atoms with Crippen LogP contribution in [0.4, 0.5) is 23.3 Å². The molecule has 4 aromatic rings. The zero-order valence-electron chi connectivity index (χ0n) is 18.1. The minimum Gasteiger partial charge on any atom is -0.493 e. The zero-order valence-corrected chi connectivity index (χ0v) is 18.1. The number of fused-ring (bicyclic) bond motifs is 2. The molecule has 0 radical (unpaired) electrons. The van der Waals surface area contributed by atoms with Crippen molar-refractivity contribution >= 4 is 40.1 Å². The fraction of sp³-hybridized carbons (Fsp3) is 0.227. The van der Waals surface area contributed by atoms with E-state index in [1.54, 1.807) is 26.4 Å². The van der Waals surface area contributed by atoms with Crippen LogP contribution in [0.5, 0.6) is 11.5 Å². The Labute approximate surface area is 189 Å². The van der Waals surface area contributed by atoms with E-state index in [4.69, 9.17) is 15.2 Å². The van der Waals surface area contributed by atoms with Crippen LogP contribution in [0.2, 0.25) is 0 Å². The number of nitrogen functional groups attached to an aromatic ring is 1. The first-order valence-corrected chi connectivity index (χ1v) is 10.3. The number of benzene rings is 2. The second-order valence-corrected chi connectivity index (χ2v) is 7.53. The molecule has 11 heteroatoms. The van der Waals surface area contributed by atoms with Crippen LogP contribution in [-0.4, -0.2) is 44.9 Å². The Morgan fingerprint density at radius 2 is 1.91 bits per heavy atom. The van der Waals surface area contributed by atoms with Crippen molar-refractivity contribution < 1.29 is 14.3 Å². The molecule has 0 fully saturated rings. The van der Waals surface area contributed by atoms with Crippen LogP contribution in [-0.2, 0) is 11.2 Å². The van der Waals surface area contributed by atoms with E-state index in [1.807, 2.05) is 18.2 Å². The second kappa shape index (κ2) is 8.26. The van der Waals surface area contributed by atoms with Gasteiger partial charge in [-0.25, -0.2) is 9.97 Å². The summed E-state index contributed by atoms with van der Waals surface area (Å²) >= 11 is 0. The molecule has 168 valence electrons. The van der Waals surface area contributed by atoms with E-state index in [2.05, 4.69) is 30.7 Å². The SMILES string of the molecule is COc1cc2ncnc(-n3nc(Nc4ccc5c(c4)NC(=O)CCC5)nc3N)c2cc1OC. The van der Waals surface area contributed by atoms with Crippen LogP contribution in [0.25, 0.3) is 16.7 Å². The highest BCUT2D eigenvalue weighted by molar-refractivity contribution is 5.93. The second-order valence-electron chi connectivity index (χ2n) is 7.53.